The van der Waals surface area contributed by atoms with Crippen LogP contribution in [0.1, 0.15) is 103 Å². The van der Waals surface area contributed by atoms with Crippen LogP contribution < -0.4 is 5.48 Å². The predicted molar refractivity (Wildman–Crippen MR) is 91.9 cm³/mol. The van der Waals surface area contributed by atoms with Gasteiger partial charge in [0.15, 0.2) is 0 Å². The predicted octanol–water partition coefficient (Wildman–Crippen LogP) is 4.52. The molecule has 0 aromatic heterocycles. The van der Waals surface area contributed by atoms with E-state index in [9.17, 15) is 0 Å². The molecule has 4 nitrogen and oxygen atoms in total. The number of aliphatic hydroxyl groups is 2. The molecule has 1 unspecified atom stereocenters. The van der Waals surface area contributed by atoms with Crippen molar-refractivity contribution in [2.24, 2.45) is 0 Å². The maximum Gasteiger partial charge on any atom is 0.126 e. The summed E-state index contributed by atoms with van der Waals surface area (Å²) in [5.74, 6) is 0. The summed E-state index contributed by atoms with van der Waals surface area (Å²) in [6.07, 6.45) is 18.9. The van der Waals surface area contributed by atoms with E-state index in [-0.39, 0.29) is 0 Å². The lowest BCUT2D eigenvalue weighted by Gasteiger charge is -2.07. The quantitative estimate of drug-likeness (QED) is 0.170. The van der Waals surface area contributed by atoms with Gasteiger partial charge in [0.25, 0.3) is 0 Å². The highest BCUT2D eigenvalue weighted by Gasteiger charge is 1.99. The number of rotatable bonds is 18. The van der Waals surface area contributed by atoms with Gasteiger partial charge in [0.1, 0.15) is 6.23 Å². The minimum absolute atomic E-state index is 0.349. The van der Waals surface area contributed by atoms with Gasteiger partial charge in [0.05, 0.1) is 0 Å². The van der Waals surface area contributed by atoms with Gasteiger partial charge in [-0.15, -0.1) is 0 Å². The van der Waals surface area contributed by atoms with E-state index in [1.54, 1.807) is 0 Å². The van der Waals surface area contributed by atoms with Crippen molar-refractivity contribution in [3.63, 3.8) is 0 Å². The van der Waals surface area contributed by atoms with Gasteiger partial charge in [-0.3, -0.25) is 0 Å². The number of hydrogen-bond donors (Lipinski definition) is 4. The van der Waals surface area contributed by atoms with Crippen LogP contribution in [-0.2, 0) is 0 Å². The highest BCUT2D eigenvalue weighted by molar-refractivity contribution is 4.51. The summed E-state index contributed by atoms with van der Waals surface area (Å²) in [4.78, 5) is 0. The van der Waals surface area contributed by atoms with E-state index in [1.165, 1.54) is 77.0 Å². The van der Waals surface area contributed by atoms with E-state index in [2.05, 4.69) is 0 Å². The zero-order valence-corrected chi connectivity index (χ0v) is 14.4. The van der Waals surface area contributed by atoms with Crippen LogP contribution in [0.15, 0.2) is 0 Å². The fraction of sp³-hybridized carbons (Fsp3) is 1.00. The Bertz CT molecular complexity index is 203. The lowest BCUT2D eigenvalue weighted by atomic mass is 10.0. The molecule has 22 heavy (non-hydrogen) atoms. The van der Waals surface area contributed by atoms with Crippen molar-refractivity contribution in [1.82, 2.24) is 5.48 Å². The molecule has 0 aromatic carbocycles. The van der Waals surface area contributed by atoms with Gasteiger partial charge < -0.3 is 15.4 Å². The molecule has 0 aromatic rings. The molecule has 4 N–H and O–H groups in total. The van der Waals surface area contributed by atoms with E-state index < -0.39 is 6.23 Å². The van der Waals surface area contributed by atoms with Crippen LogP contribution in [-0.4, -0.2) is 28.3 Å². The van der Waals surface area contributed by atoms with Crippen molar-refractivity contribution in [3.05, 3.63) is 0 Å². The number of aliphatic hydroxyl groups excluding tert-OH is 2. The molecule has 0 aliphatic carbocycles. The van der Waals surface area contributed by atoms with Gasteiger partial charge in [0.2, 0.25) is 0 Å². The summed E-state index contributed by atoms with van der Waals surface area (Å²) in [5.41, 5.74) is 1.86. The molecular formula is C18H39NO3. The minimum atomic E-state index is -0.755. The van der Waals surface area contributed by atoms with Gasteiger partial charge in [-0.05, 0) is 19.3 Å². The Morgan fingerprint density at radius 1 is 0.545 bits per heavy atom. The number of nitrogens with one attached hydrogen (secondary N) is 1. The van der Waals surface area contributed by atoms with Gasteiger partial charge in [-0.25, -0.2) is 0 Å². The van der Waals surface area contributed by atoms with Crippen LogP contribution in [0.3, 0.4) is 0 Å². The molecule has 0 aliphatic rings. The molecule has 0 bridgehead atoms. The first-order chi connectivity index (χ1) is 10.8. The summed E-state index contributed by atoms with van der Waals surface area (Å²) in [5, 5.41) is 26.2. The molecule has 0 saturated heterocycles. The smallest absolute Gasteiger partial charge is 0.126 e. The second-order valence-corrected chi connectivity index (χ2v) is 6.46. The standard InChI is InChI=1S/C18H39NO3/c20-17-15-13-11-9-7-5-3-1-2-4-6-8-10-12-14-16-18(21)19-22/h18-22H,1-17H2. The second-order valence-electron chi connectivity index (χ2n) is 6.46. The molecule has 0 radical (unpaired) electrons. The molecule has 0 amide bonds. The van der Waals surface area contributed by atoms with Gasteiger partial charge in [0, 0.05) is 6.61 Å². The Kier molecular flexibility index (Phi) is 18.8. The Hall–Kier alpha value is -0.160. The van der Waals surface area contributed by atoms with Gasteiger partial charge in [-0.2, -0.15) is 5.48 Å². The molecule has 0 aliphatic heterocycles. The Labute approximate surface area is 137 Å². The van der Waals surface area contributed by atoms with E-state index in [0.717, 1.165) is 19.3 Å². The Morgan fingerprint density at radius 3 is 1.18 bits per heavy atom. The fourth-order valence-electron chi connectivity index (χ4n) is 2.81. The zero-order chi connectivity index (χ0) is 16.3. The van der Waals surface area contributed by atoms with Crippen LogP contribution in [0.2, 0.25) is 0 Å². The SMILES string of the molecule is OCCCCCCCCCCCCCCCCCC(O)NO. The highest BCUT2D eigenvalue weighted by atomic mass is 16.5. The first-order valence-electron chi connectivity index (χ1n) is 9.49. The van der Waals surface area contributed by atoms with Crippen LogP contribution in [0.4, 0.5) is 0 Å². The van der Waals surface area contributed by atoms with E-state index in [4.69, 9.17) is 15.4 Å². The molecule has 134 valence electrons. The third kappa shape index (κ3) is 17.9. The topological polar surface area (TPSA) is 72.7 Å². The Morgan fingerprint density at radius 2 is 0.864 bits per heavy atom. The first kappa shape index (κ1) is 21.8. The Balaban J connectivity index is 2.97. The van der Waals surface area contributed by atoms with E-state index >= 15 is 0 Å². The van der Waals surface area contributed by atoms with Crippen LogP contribution >= 0.6 is 0 Å². The molecule has 0 rings (SSSR count). The normalized spacial score (nSPS) is 12.7. The molecule has 0 spiro atoms. The van der Waals surface area contributed by atoms with Crippen LogP contribution in [0, 0.1) is 0 Å². The van der Waals surface area contributed by atoms with Crippen LogP contribution in [0.5, 0.6) is 0 Å². The third-order valence-electron chi connectivity index (χ3n) is 4.28. The van der Waals surface area contributed by atoms with Crippen molar-refractivity contribution < 1.29 is 15.4 Å². The molecule has 0 saturated carbocycles. The zero-order valence-electron chi connectivity index (χ0n) is 14.4. The fourth-order valence-corrected chi connectivity index (χ4v) is 2.81. The molecule has 0 heterocycles. The lowest BCUT2D eigenvalue weighted by Crippen LogP contribution is -2.24. The van der Waals surface area contributed by atoms with E-state index in [0.29, 0.717) is 13.0 Å². The largest absolute Gasteiger partial charge is 0.396 e. The summed E-state index contributed by atoms with van der Waals surface area (Å²) < 4.78 is 0. The lowest BCUT2D eigenvalue weighted by molar-refractivity contribution is -0.00393. The number of unbranched alkanes of at least 4 members (excludes halogenated alkanes) is 14. The minimum Gasteiger partial charge on any atom is -0.396 e. The molecule has 0 fully saturated rings. The molecular weight excluding hydrogens is 278 g/mol. The second kappa shape index (κ2) is 18.9. The van der Waals surface area contributed by atoms with E-state index in [1.807, 2.05) is 5.48 Å². The van der Waals surface area contributed by atoms with Crippen molar-refractivity contribution in [3.8, 4) is 0 Å². The maximum atomic E-state index is 9.10. The number of hydrogen-bond acceptors (Lipinski definition) is 4. The summed E-state index contributed by atoms with van der Waals surface area (Å²) >= 11 is 0. The van der Waals surface area contributed by atoms with Crippen molar-refractivity contribution in [2.45, 2.75) is 109 Å². The average Bonchev–Trinajstić information content (AvgIpc) is 2.54. The van der Waals surface area contributed by atoms with Crippen LogP contribution in [0.25, 0.3) is 0 Å². The first-order valence-corrected chi connectivity index (χ1v) is 9.49. The molecule has 1 atom stereocenters. The van der Waals surface area contributed by atoms with Gasteiger partial charge >= 0.3 is 0 Å². The maximum absolute atomic E-state index is 9.10. The number of hydroxylamine groups is 1. The van der Waals surface area contributed by atoms with Crippen molar-refractivity contribution in [2.75, 3.05) is 6.61 Å². The van der Waals surface area contributed by atoms with Crippen molar-refractivity contribution in [1.29, 1.82) is 0 Å². The summed E-state index contributed by atoms with van der Waals surface area (Å²) in [7, 11) is 0. The van der Waals surface area contributed by atoms with Crippen molar-refractivity contribution >= 4 is 0 Å². The highest BCUT2D eigenvalue weighted by Crippen LogP contribution is 2.13. The van der Waals surface area contributed by atoms with Gasteiger partial charge in [-0.1, -0.05) is 83.5 Å². The summed E-state index contributed by atoms with van der Waals surface area (Å²) in [6, 6.07) is 0. The molecule has 4 heteroatoms. The third-order valence-corrected chi connectivity index (χ3v) is 4.28. The average molecular weight is 318 g/mol. The monoisotopic (exact) mass is 317 g/mol. The summed E-state index contributed by atoms with van der Waals surface area (Å²) in [6.45, 7) is 0.349.